The molecule has 0 aromatic carbocycles. The second kappa shape index (κ2) is 6.87. The molecule has 5 heteroatoms. The van der Waals surface area contributed by atoms with Gasteiger partial charge in [0.25, 0.3) is 0 Å². The van der Waals surface area contributed by atoms with Crippen LogP contribution in [-0.2, 0) is 0 Å². The Morgan fingerprint density at radius 1 is 1.55 bits per heavy atom. The van der Waals surface area contributed by atoms with Gasteiger partial charge in [-0.05, 0) is 46.8 Å². The fourth-order valence-corrected chi connectivity index (χ4v) is 4.10. The third-order valence-corrected chi connectivity index (χ3v) is 5.82. The molecule has 0 radical (unpaired) electrons. The summed E-state index contributed by atoms with van der Waals surface area (Å²) in [6.45, 7) is 10.1. The molecule has 0 spiro atoms. The van der Waals surface area contributed by atoms with Crippen molar-refractivity contribution in [3.05, 3.63) is 10.6 Å². The van der Waals surface area contributed by atoms with Crippen molar-refractivity contribution in [1.82, 2.24) is 15.2 Å². The molecule has 0 bridgehead atoms. The van der Waals surface area contributed by atoms with Gasteiger partial charge in [0, 0.05) is 30.6 Å². The van der Waals surface area contributed by atoms with Gasteiger partial charge < -0.3 is 10.2 Å². The van der Waals surface area contributed by atoms with E-state index >= 15 is 0 Å². The van der Waals surface area contributed by atoms with Crippen LogP contribution in [0.5, 0.6) is 0 Å². The summed E-state index contributed by atoms with van der Waals surface area (Å²) in [5.41, 5.74) is 1.16. The average molecular weight is 296 g/mol. The molecule has 1 fully saturated rings. The molecule has 1 aromatic heterocycles. The van der Waals surface area contributed by atoms with E-state index in [1.807, 2.05) is 18.4 Å². The SMILES string of the molecule is CCN1CCCC1CN(C)c1nc(C)c(C(C)NC)s1. The topological polar surface area (TPSA) is 31.4 Å². The Morgan fingerprint density at radius 3 is 2.95 bits per heavy atom. The highest BCUT2D eigenvalue weighted by Gasteiger charge is 2.25. The van der Waals surface area contributed by atoms with Gasteiger partial charge >= 0.3 is 0 Å². The Hall–Kier alpha value is -0.650. The zero-order valence-corrected chi connectivity index (χ0v) is 14.3. The Kier molecular flexibility index (Phi) is 5.41. The standard InChI is InChI=1S/C15H28N4S/c1-6-19-9-7-8-13(19)10-18(5)15-17-12(3)14(20-15)11(2)16-4/h11,13,16H,6-10H2,1-5H3. The van der Waals surface area contributed by atoms with E-state index in [0.717, 1.165) is 23.9 Å². The van der Waals surface area contributed by atoms with Crippen molar-refractivity contribution in [2.75, 3.05) is 38.6 Å². The largest absolute Gasteiger partial charge is 0.350 e. The predicted octanol–water partition coefficient (Wildman–Crippen LogP) is 2.65. The number of anilines is 1. The average Bonchev–Trinajstić information content (AvgIpc) is 3.04. The molecule has 2 atom stereocenters. The van der Waals surface area contributed by atoms with E-state index in [1.165, 1.54) is 24.3 Å². The molecule has 1 N–H and O–H groups in total. The number of likely N-dealkylation sites (tertiary alicyclic amines) is 1. The quantitative estimate of drug-likeness (QED) is 0.874. The van der Waals surface area contributed by atoms with E-state index in [9.17, 15) is 0 Å². The molecule has 4 nitrogen and oxygen atoms in total. The number of aromatic nitrogens is 1. The minimum atomic E-state index is 0.383. The molecule has 2 unspecified atom stereocenters. The van der Waals surface area contributed by atoms with Gasteiger partial charge in [-0.15, -0.1) is 11.3 Å². The number of hydrogen-bond acceptors (Lipinski definition) is 5. The van der Waals surface area contributed by atoms with Crippen molar-refractivity contribution in [2.24, 2.45) is 0 Å². The molecule has 0 aliphatic carbocycles. The van der Waals surface area contributed by atoms with Crippen LogP contribution in [0.15, 0.2) is 0 Å². The van der Waals surface area contributed by atoms with Gasteiger partial charge in [-0.25, -0.2) is 4.98 Å². The van der Waals surface area contributed by atoms with Crippen LogP contribution in [-0.4, -0.2) is 49.7 Å². The summed E-state index contributed by atoms with van der Waals surface area (Å²) in [4.78, 5) is 11.0. The molecule has 0 amide bonds. The van der Waals surface area contributed by atoms with Gasteiger partial charge in [0.05, 0.1) is 5.69 Å². The van der Waals surface area contributed by atoms with Crippen LogP contribution in [0.4, 0.5) is 5.13 Å². The van der Waals surface area contributed by atoms with Gasteiger partial charge in [-0.2, -0.15) is 0 Å². The van der Waals surface area contributed by atoms with Crippen molar-refractivity contribution in [3.63, 3.8) is 0 Å². The first-order valence-corrected chi connectivity index (χ1v) is 8.48. The summed E-state index contributed by atoms with van der Waals surface area (Å²) in [5.74, 6) is 0. The molecule has 1 aliphatic rings. The Balaban J connectivity index is 2.04. The lowest BCUT2D eigenvalue weighted by molar-refractivity contribution is 0.270. The molecule has 1 saturated heterocycles. The van der Waals surface area contributed by atoms with Crippen molar-refractivity contribution in [1.29, 1.82) is 0 Å². The maximum atomic E-state index is 4.76. The molecule has 114 valence electrons. The molecular weight excluding hydrogens is 268 g/mol. The summed E-state index contributed by atoms with van der Waals surface area (Å²) in [5, 5.41) is 4.46. The second-order valence-electron chi connectivity index (χ2n) is 5.76. The second-order valence-corrected chi connectivity index (χ2v) is 6.77. The van der Waals surface area contributed by atoms with Crippen LogP contribution in [0.25, 0.3) is 0 Å². The maximum absolute atomic E-state index is 4.76. The third kappa shape index (κ3) is 3.32. The van der Waals surface area contributed by atoms with E-state index in [4.69, 9.17) is 4.98 Å². The Bertz CT molecular complexity index is 432. The summed E-state index contributed by atoms with van der Waals surface area (Å²) in [6.07, 6.45) is 2.66. The number of likely N-dealkylation sites (N-methyl/N-ethyl adjacent to an activating group) is 2. The van der Waals surface area contributed by atoms with Crippen LogP contribution in [0.1, 0.15) is 43.3 Å². The minimum absolute atomic E-state index is 0.383. The van der Waals surface area contributed by atoms with E-state index in [2.05, 4.69) is 42.9 Å². The molecular formula is C15H28N4S. The fourth-order valence-electron chi connectivity index (χ4n) is 3.00. The molecule has 20 heavy (non-hydrogen) atoms. The number of nitrogens with one attached hydrogen (secondary N) is 1. The van der Waals surface area contributed by atoms with Crippen LogP contribution in [0.2, 0.25) is 0 Å². The Labute approximate surface area is 127 Å². The van der Waals surface area contributed by atoms with Crippen LogP contribution in [0, 0.1) is 6.92 Å². The lowest BCUT2D eigenvalue weighted by atomic mass is 10.2. The first-order valence-electron chi connectivity index (χ1n) is 7.66. The normalized spacial score (nSPS) is 21.4. The van der Waals surface area contributed by atoms with Crippen LogP contribution >= 0.6 is 11.3 Å². The van der Waals surface area contributed by atoms with E-state index in [0.29, 0.717) is 12.1 Å². The van der Waals surface area contributed by atoms with Crippen molar-refractivity contribution >= 4 is 16.5 Å². The first-order chi connectivity index (χ1) is 9.56. The number of rotatable bonds is 6. The van der Waals surface area contributed by atoms with Gasteiger partial charge in [-0.3, -0.25) is 4.90 Å². The molecule has 1 aromatic rings. The van der Waals surface area contributed by atoms with E-state index in [1.54, 1.807) is 0 Å². The van der Waals surface area contributed by atoms with E-state index in [-0.39, 0.29) is 0 Å². The molecule has 1 aliphatic heterocycles. The lowest BCUT2D eigenvalue weighted by Gasteiger charge is -2.27. The molecule has 0 saturated carbocycles. The van der Waals surface area contributed by atoms with Crippen molar-refractivity contribution < 1.29 is 0 Å². The highest BCUT2D eigenvalue weighted by Crippen LogP contribution is 2.30. The fraction of sp³-hybridized carbons (Fsp3) is 0.800. The number of hydrogen-bond donors (Lipinski definition) is 1. The monoisotopic (exact) mass is 296 g/mol. The number of thiazole rings is 1. The zero-order valence-electron chi connectivity index (χ0n) is 13.4. The van der Waals surface area contributed by atoms with Gasteiger partial charge in [0.1, 0.15) is 0 Å². The maximum Gasteiger partial charge on any atom is 0.185 e. The number of nitrogens with zero attached hydrogens (tertiary/aromatic N) is 3. The number of aryl methyl sites for hydroxylation is 1. The minimum Gasteiger partial charge on any atom is -0.350 e. The lowest BCUT2D eigenvalue weighted by Crippen LogP contribution is -2.38. The van der Waals surface area contributed by atoms with Crippen molar-refractivity contribution in [3.8, 4) is 0 Å². The summed E-state index contributed by atoms with van der Waals surface area (Å²) in [7, 11) is 4.18. The van der Waals surface area contributed by atoms with Crippen molar-refractivity contribution in [2.45, 2.75) is 45.7 Å². The predicted molar refractivity (Wildman–Crippen MR) is 87.9 cm³/mol. The summed E-state index contributed by atoms with van der Waals surface area (Å²) >= 11 is 1.83. The molecule has 2 heterocycles. The summed E-state index contributed by atoms with van der Waals surface area (Å²) in [6, 6.07) is 1.08. The highest BCUT2D eigenvalue weighted by atomic mass is 32.1. The van der Waals surface area contributed by atoms with Crippen LogP contribution < -0.4 is 10.2 Å². The summed E-state index contributed by atoms with van der Waals surface area (Å²) < 4.78 is 0. The third-order valence-electron chi connectivity index (χ3n) is 4.36. The van der Waals surface area contributed by atoms with E-state index < -0.39 is 0 Å². The van der Waals surface area contributed by atoms with Gasteiger partial charge in [0.15, 0.2) is 5.13 Å². The smallest absolute Gasteiger partial charge is 0.185 e. The first kappa shape index (κ1) is 15.7. The van der Waals surface area contributed by atoms with Gasteiger partial charge in [-0.1, -0.05) is 6.92 Å². The Morgan fingerprint density at radius 2 is 2.30 bits per heavy atom. The van der Waals surface area contributed by atoms with Crippen LogP contribution in [0.3, 0.4) is 0 Å². The zero-order chi connectivity index (χ0) is 14.7. The highest BCUT2D eigenvalue weighted by molar-refractivity contribution is 7.15. The molecule has 2 rings (SSSR count). The van der Waals surface area contributed by atoms with Gasteiger partial charge in [0.2, 0.25) is 0 Å².